The highest BCUT2D eigenvalue weighted by molar-refractivity contribution is 7.90. The van der Waals surface area contributed by atoms with Gasteiger partial charge in [0.05, 0.1) is 17.2 Å². The molecule has 1 aromatic heterocycles. The SMILES string of the molecule is C[C@H](NC(=O)COC(=O)CN=C1NS(=O)(=O)c2ccccc21)c1ccco1. The minimum absolute atomic E-state index is 0.0680. The number of carbonyl (C=O) groups is 2. The second-order valence-corrected chi connectivity index (χ2v) is 7.38. The van der Waals surface area contributed by atoms with E-state index < -0.39 is 35.1 Å². The van der Waals surface area contributed by atoms with Crippen molar-refractivity contribution in [3.8, 4) is 0 Å². The molecule has 10 heteroatoms. The molecular weight excluding hydrogens is 374 g/mol. The first kappa shape index (κ1) is 18.6. The largest absolute Gasteiger partial charge is 0.467 e. The van der Waals surface area contributed by atoms with Gasteiger partial charge in [0.25, 0.3) is 15.9 Å². The number of aliphatic imine (C=N–C) groups is 1. The zero-order valence-corrected chi connectivity index (χ0v) is 15.2. The molecule has 1 aliphatic heterocycles. The van der Waals surface area contributed by atoms with Crippen molar-refractivity contribution >= 4 is 27.7 Å². The molecule has 1 atom stereocenters. The molecule has 0 saturated heterocycles. The van der Waals surface area contributed by atoms with Crippen molar-refractivity contribution in [2.75, 3.05) is 13.2 Å². The minimum Gasteiger partial charge on any atom is -0.467 e. The van der Waals surface area contributed by atoms with Crippen LogP contribution in [0.2, 0.25) is 0 Å². The molecule has 2 N–H and O–H groups in total. The molecule has 9 nitrogen and oxygen atoms in total. The number of amides is 1. The Morgan fingerprint density at radius 3 is 2.78 bits per heavy atom. The molecule has 1 aromatic carbocycles. The summed E-state index contributed by atoms with van der Waals surface area (Å²) in [7, 11) is -3.67. The van der Waals surface area contributed by atoms with Crippen LogP contribution in [0.25, 0.3) is 0 Å². The maximum absolute atomic E-state index is 12.0. The third kappa shape index (κ3) is 4.34. The van der Waals surface area contributed by atoms with Crippen LogP contribution in [0, 0.1) is 0 Å². The number of carbonyl (C=O) groups excluding carboxylic acids is 2. The average molecular weight is 391 g/mol. The maximum atomic E-state index is 12.0. The zero-order chi connectivity index (χ0) is 19.4. The number of ether oxygens (including phenoxy) is 1. The first-order valence-electron chi connectivity index (χ1n) is 8.02. The monoisotopic (exact) mass is 391 g/mol. The Labute approximate surface area is 155 Å². The van der Waals surface area contributed by atoms with Gasteiger partial charge in [-0.25, -0.2) is 8.42 Å². The van der Waals surface area contributed by atoms with Crippen molar-refractivity contribution in [3.05, 3.63) is 54.0 Å². The van der Waals surface area contributed by atoms with Crippen LogP contribution >= 0.6 is 0 Å². The van der Waals surface area contributed by atoms with Crippen LogP contribution < -0.4 is 10.0 Å². The molecule has 27 heavy (non-hydrogen) atoms. The molecule has 2 aromatic rings. The molecule has 0 fully saturated rings. The van der Waals surface area contributed by atoms with Crippen molar-refractivity contribution < 1.29 is 27.2 Å². The van der Waals surface area contributed by atoms with E-state index in [1.807, 2.05) is 0 Å². The molecule has 3 rings (SSSR count). The van der Waals surface area contributed by atoms with Gasteiger partial charge in [0.15, 0.2) is 6.61 Å². The van der Waals surface area contributed by atoms with Gasteiger partial charge in [-0.2, -0.15) is 0 Å². The number of hydrogen-bond acceptors (Lipinski definition) is 7. The topological polar surface area (TPSA) is 127 Å². The summed E-state index contributed by atoms with van der Waals surface area (Å²) in [6.45, 7) is 0.832. The lowest BCUT2D eigenvalue weighted by molar-refractivity contribution is -0.147. The Bertz CT molecular complexity index is 982. The Balaban J connectivity index is 1.52. The third-order valence-corrected chi connectivity index (χ3v) is 5.14. The summed E-state index contributed by atoms with van der Waals surface area (Å²) in [5.41, 5.74) is 0.385. The molecule has 142 valence electrons. The number of nitrogens with one attached hydrogen (secondary N) is 2. The van der Waals surface area contributed by atoms with Gasteiger partial charge >= 0.3 is 5.97 Å². The van der Waals surface area contributed by atoms with Gasteiger partial charge in [0.1, 0.15) is 18.1 Å². The molecule has 1 aliphatic rings. The van der Waals surface area contributed by atoms with Gasteiger partial charge in [0, 0.05) is 5.56 Å². The number of fused-ring (bicyclic) bond motifs is 1. The number of furan rings is 1. The minimum atomic E-state index is -3.67. The number of benzene rings is 1. The molecule has 0 bridgehead atoms. The van der Waals surface area contributed by atoms with Crippen molar-refractivity contribution in [3.63, 3.8) is 0 Å². The smallest absolute Gasteiger partial charge is 0.328 e. The van der Waals surface area contributed by atoms with Crippen molar-refractivity contribution in [1.82, 2.24) is 10.0 Å². The summed E-state index contributed by atoms with van der Waals surface area (Å²) >= 11 is 0. The number of sulfonamides is 1. The van der Waals surface area contributed by atoms with Gasteiger partial charge in [-0.3, -0.25) is 19.3 Å². The number of nitrogens with zero attached hydrogens (tertiary/aromatic N) is 1. The molecule has 0 unspecified atom stereocenters. The normalized spacial score (nSPS) is 17.0. The highest BCUT2D eigenvalue weighted by Crippen LogP contribution is 2.22. The lowest BCUT2D eigenvalue weighted by Crippen LogP contribution is -2.31. The van der Waals surface area contributed by atoms with Crippen LogP contribution in [-0.4, -0.2) is 39.3 Å². The summed E-state index contributed by atoms with van der Waals surface area (Å²) in [6.07, 6.45) is 1.49. The van der Waals surface area contributed by atoms with Gasteiger partial charge < -0.3 is 14.5 Å². The van der Waals surface area contributed by atoms with Gasteiger partial charge in [-0.1, -0.05) is 12.1 Å². The fourth-order valence-corrected chi connectivity index (χ4v) is 3.73. The van der Waals surface area contributed by atoms with Gasteiger partial charge in [-0.15, -0.1) is 0 Å². The predicted octanol–water partition coefficient (Wildman–Crippen LogP) is 0.739. The van der Waals surface area contributed by atoms with E-state index in [-0.39, 0.29) is 16.8 Å². The zero-order valence-electron chi connectivity index (χ0n) is 14.3. The molecule has 0 aliphatic carbocycles. The van der Waals surface area contributed by atoms with Gasteiger partial charge in [0.2, 0.25) is 0 Å². The lowest BCUT2D eigenvalue weighted by Gasteiger charge is -2.11. The number of hydrogen-bond donors (Lipinski definition) is 2. The summed E-state index contributed by atoms with van der Waals surface area (Å²) in [5, 5.41) is 2.62. The number of rotatable bonds is 6. The predicted molar refractivity (Wildman–Crippen MR) is 94.4 cm³/mol. The van der Waals surface area contributed by atoms with E-state index in [2.05, 4.69) is 15.0 Å². The summed E-state index contributed by atoms with van der Waals surface area (Å²) in [5.74, 6) is -0.606. The lowest BCUT2D eigenvalue weighted by atomic mass is 10.2. The van der Waals surface area contributed by atoms with E-state index in [0.717, 1.165) is 0 Å². The molecule has 1 amide bonds. The fourth-order valence-electron chi connectivity index (χ4n) is 2.48. The summed E-state index contributed by atoms with van der Waals surface area (Å²) < 4.78 is 36.2. The maximum Gasteiger partial charge on any atom is 0.328 e. The Morgan fingerprint density at radius 2 is 2.04 bits per heavy atom. The van der Waals surface area contributed by atoms with Crippen molar-refractivity contribution in [1.29, 1.82) is 0 Å². The molecule has 0 radical (unpaired) electrons. The third-order valence-electron chi connectivity index (χ3n) is 3.74. The summed E-state index contributed by atoms with van der Waals surface area (Å²) in [6, 6.07) is 9.34. The van der Waals surface area contributed by atoms with Crippen LogP contribution in [0.4, 0.5) is 0 Å². The van der Waals surface area contributed by atoms with Crippen LogP contribution in [0.5, 0.6) is 0 Å². The highest BCUT2D eigenvalue weighted by atomic mass is 32.2. The quantitative estimate of drug-likeness (QED) is 0.699. The second-order valence-electron chi connectivity index (χ2n) is 5.73. The molecule has 0 saturated carbocycles. The van der Waals surface area contributed by atoms with Crippen LogP contribution in [0.3, 0.4) is 0 Å². The Kier molecular flexibility index (Phi) is 5.26. The average Bonchev–Trinajstić information content (AvgIpc) is 3.26. The Morgan fingerprint density at radius 1 is 1.26 bits per heavy atom. The van der Waals surface area contributed by atoms with Crippen molar-refractivity contribution in [2.24, 2.45) is 4.99 Å². The fraction of sp³-hybridized carbons (Fsp3) is 0.235. The molecule has 0 spiro atoms. The van der Waals surface area contributed by atoms with Gasteiger partial charge in [-0.05, 0) is 31.2 Å². The van der Waals surface area contributed by atoms with E-state index in [4.69, 9.17) is 9.15 Å². The summed E-state index contributed by atoms with van der Waals surface area (Å²) in [4.78, 5) is 27.6. The van der Waals surface area contributed by atoms with E-state index in [9.17, 15) is 18.0 Å². The first-order valence-corrected chi connectivity index (χ1v) is 9.50. The standard InChI is InChI=1S/C17H17N3O6S/c1-11(13-6-4-8-25-13)19-15(21)10-26-16(22)9-18-17-12-5-2-3-7-14(12)27(23,24)20-17/h2-8,11H,9-10H2,1H3,(H,18,20)(H,19,21)/t11-/m0/s1. The van der Waals surface area contributed by atoms with Crippen LogP contribution in [0.15, 0.2) is 57.0 Å². The highest BCUT2D eigenvalue weighted by Gasteiger charge is 2.30. The second kappa shape index (κ2) is 7.62. The first-order chi connectivity index (χ1) is 12.9. The van der Waals surface area contributed by atoms with E-state index >= 15 is 0 Å². The van der Waals surface area contributed by atoms with E-state index in [0.29, 0.717) is 11.3 Å². The van der Waals surface area contributed by atoms with Crippen molar-refractivity contribution in [2.45, 2.75) is 17.9 Å². The van der Waals surface area contributed by atoms with E-state index in [1.165, 1.54) is 12.3 Å². The van der Waals surface area contributed by atoms with Crippen LogP contribution in [-0.2, 0) is 24.3 Å². The number of amidine groups is 1. The Hall–Kier alpha value is -3.14. The molecular formula is C17H17N3O6S. The molecule has 2 heterocycles. The van der Waals surface area contributed by atoms with E-state index in [1.54, 1.807) is 37.3 Å². The number of esters is 1. The van der Waals surface area contributed by atoms with Crippen LogP contribution in [0.1, 0.15) is 24.3 Å².